The lowest BCUT2D eigenvalue weighted by Crippen LogP contribution is -2.50. The Morgan fingerprint density at radius 2 is 1.80 bits per heavy atom. The first kappa shape index (κ1) is 22.0. The Labute approximate surface area is 179 Å². The summed E-state index contributed by atoms with van der Waals surface area (Å²) in [6.45, 7) is 1.68. The first-order chi connectivity index (χ1) is 14.3. The van der Waals surface area contributed by atoms with E-state index in [1.54, 1.807) is 6.07 Å². The minimum absolute atomic E-state index is 0.0850. The van der Waals surface area contributed by atoms with Gasteiger partial charge < -0.3 is 10.2 Å². The Bertz CT molecular complexity index is 1040. The van der Waals surface area contributed by atoms with Crippen molar-refractivity contribution in [3.8, 4) is 0 Å². The first-order valence-electron chi connectivity index (χ1n) is 9.27. The van der Waals surface area contributed by atoms with Gasteiger partial charge in [0.2, 0.25) is 10.0 Å². The number of nitro groups is 1. The maximum atomic E-state index is 12.6. The molecule has 0 atom stereocenters. The van der Waals surface area contributed by atoms with Gasteiger partial charge in [-0.2, -0.15) is 4.31 Å². The number of anilines is 1. The third-order valence-corrected chi connectivity index (χ3v) is 6.88. The Morgan fingerprint density at radius 1 is 1.10 bits per heavy atom. The molecule has 0 saturated carbocycles. The molecule has 0 bridgehead atoms. The third-order valence-electron chi connectivity index (χ3n) is 4.77. The van der Waals surface area contributed by atoms with Crippen LogP contribution in [0.3, 0.4) is 0 Å². The second-order valence-corrected chi connectivity index (χ2v) is 9.27. The van der Waals surface area contributed by atoms with Gasteiger partial charge in [-0.25, -0.2) is 8.42 Å². The van der Waals surface area contributed by atoms with Crippen LogP contribution in [0.5, 0.6) is 0 Å². The van der Waals surface area contributed by atoms with Crippen molar-refractivity contribution in [3.05, 3.63) is 69.2 Å². The fourth-order valence-corrected chi connectivity index (χ4v) is 4.71. The molecular formula is C19H21ClN4O5S. The number of benzene rings is 2. The molecular weight excluding hydrogens is 432 g/mol. The number of halogens is 1. The molecule has 0 unspecified atom stereocenters. The molecule has 2 aromatic carbocycles. The summed E-state index contributed by atoms with van der Waals surface area (Å²) in [6, 6.07) is 12.7. The van der Waals surface area contributed by atoms with Crippen molar-refractivity contribution < 1.29 is 18.1 Å². The van der Waals surface area contributed by atoms with E-state index in [2.05, 4.69) is 10.2 Å². The molecule has 1 heterocycles. The topological polar surface area (TPSA) is 113 Å². The summed E-state index contributed by atoms with van der Waals surface area (Å²) < 4.78 is 26.6. The van der Waals surface area contributed by atoms with Crippen molar-refractivity contribution in [1.82, 2.24) is 9.62 Å². The van der Waals surface area contributed by atoms with Crippen LogP contribution in [0.1, 0.15) is 10.4 Å². The van der Waals surface area contributed by atoms with Gasteiger partial charge in [0.1, 0.15) is 0 Å². The zero-order valence-corrected chi connectivity index (χ0v) is 17.6. The standard InChI is InChI=1S/C19H21ClN4O5S/c20-16-4-2-5-17(14-16)22-8-10-23(11-9-22)30(28,29)12-7-21-19(25)15-3-1-6-18(13-15)24(26)27/h1-6,13-14H,7-12H2,(H,21,25). The number of carbonyl (C=O) groups excluding carboxylic acids is 1. The second kappa shape index (κ2) is 9.41. The maximum Gasteiger partial charge on any atom is 0.270 e. The highest BCUT2D eigenvalue weighted by molar-refractivity contribution is 7.89. The maximum absolute atomic E-state index is 12.6. The minimum Gasteiger partial charge on any atom is -0.369 e. The summed E-state index contributed by atoms with van der Waals surface area (Å²) >= 11 is 6.02. The van der Waals surface area contributed by atoms with Crippen molar-refractivity contribution in [2.45, 2.75) is 0 Å². The van der Waals surface area contributed by atoms with Crippen LogP contribution in [0.25, 0.3) is 0 Å². The Kier molecular flexibility index (Phi) is 6.91. The number of carbonyl (C=O) groups is 1. The van der Waals surface area contributed by atoms with Gasteiger partial charge >= 0.3 is 0 Å². The third kappa shape index (κ3) is 5.47. The van der Waals surface area contributed by atoms with Crippen molar-refractivity contribution in [2.24, 2.45) is 0 Å². The first-order valence-corrected chi connectivity index (χ1v) is 11.3. The summed E-state index contributed by atoms with van der Waals surface area (Å²) in [5.41, 5.74) is 0.855. The van der Waals surface area contributed by atoms with Crippen LogP contribution in [0.2, 0.25) is 5.02 Å². The van der Waals surface area contributed by atoms with Crippen LogP contribution in [0.15, 0.2) is 48.5 Å². The molecule has 1 saturated heterocycles. The predicted octanol–water partition coefficient (Wildman–Crippen LogP) is 2.13. The number of non-ortho nitro benzene ring substituents is 1. The van der Waals surface area contributed by atoms with E-state index >= 15 is 0 Å². The summed E-state index contributed by atoms with van der Waals surface area (Å²) in [5.74, 6) is -0.801. The van der Waals surface area contributed by atoms with Crippen molar-refractivity contribution >= 4 is 38.9 Å². The number of amides is 1. The summed E-state index contributed by atoms with van der Waals surface area (Å²) in [5, 5.41) is 13.9. The molecule has 1 aliphatic rings. The molecule has 3 rings (SSSR count). The number of nitrogens with zero attached hydrogens (tertiary/aromatic N) is 3. The van der Waals surface area contributed by atoms with Gasteiger partial charge in [0, 0.05) is 61.1 Å². The molecule has 1 fully saturated rings. The minimum atomic E-state index is -3.54. The van der Waals surface area contributed by atoms with Gasteiger partial charge in [0.15, 0.2) is 0 Å². The monoisotopic (exact) mass is 452 g/mol. The number of nitrogens with one attached hydrogen (secondary N) is 1. The molecule has 0 aliphatic carbocycles. The van der Waals surface area contributed by atoms with Crippen LogP contribution in [0.4, 0.5) is 11.4 Å². The van der Waals surface area contributed by atoms with Crippen LogP contribution in [-0.2, 0) is 10.0 Å². The molecule has 0 radical (unpaired) electrons. The second-order valence-electron chi connectivity index (χ2n) is 6.75. The van der Waals surface area contributed by atoms with E-state index in [1.165, 1.54) is 22.5 Å². The molecule has 160 valence electrons. The SMILES string of the molecule is O=C(NCCS(=O)(=O)N1CCN(c2cccc(Cl)c2)CC1)c1cccc([N+](=O)[O-])c1. The zero-order valence-electron chi connectivity index (χ0n) is 16.0. The van der Waals surface area contributed by atoms with E-state index in [1.807, 2.05) is 18.2 Å². The van der Waals surface area contributed by atoms with E-state index in [-0.39, 0.29) is 23.5 Å². The molecule has 9 nitrogen and oxygen atoms in total. The average Bonchev–Trinajstić information content (AvgIpc) is 2.73. The van der Waals surface area contributed by atoms with Crippen molar-refractivity contribution in [1.29, 1.82) is 0 Å². The number of hydrogen-bond acceptors (Lipinski definition) is 6. The largest absolute Gasteiger partial charge is 0.369 e. The van der Waals surface area contributed by atoms with Crippen molar-refractivity contribution in [3.63, 3.8) is 0 Å². The lowest BCUT2D eigenvalue weighted by molar-refractivity contribution is -0.384. The molecule has 1 N–H and O–H groups in total. The Hall–Kier alpha value is -2.69. The van der Waals surface area contributed by atoms with E-state index in [9.17, 15) is 23.3 Å². The number of sulfonamides is 1. The van der Waals surface area contributed by atoms with Gasteiger partial charge in [-0.3, -0.25) is 14.9 Å². The normalized spacial score (nSPS) is 15.0. The lowest BCUT2D eigenvalue weighted by Gasteiger charge is -2.35. The molecule has 1 aliphatic heterocycles. The predicted molar refractivity (Wildman–Crippen MR) is 114 cm³/mol. The Morgan fingerprint density at radius 3 is 2.47 bits per heavy atom. The fraction of sp³-hybridized carbons (Fsp3) is 0.316. The van der Waals surface area contributed by atoms with Gasteiger partial charge in [-0.15, -0.1) is 0 Å². The Balaban J connectivity index is 1.50. The average molecular weight is 453 g/mol. The van der Waals surface area contributed by atoms with Crippen molar-refractivity contribution in [2.75, 3.05) is 43.4 Å². The summed E-state index contributed by atoms with van der Waals surface area (Å²) in [6.07, 6.45) is 0. The van der Waals surface area contributed by atoms with Gasteiger partial charge in [0.05, 0.1) is 10.7 Å². The zero-order chi connectivity index (χ0) is 21.7. The highest BCUT2D eigenvalue weighted by Gasteiger charge is 2.27. The van der Waals surface area contributed by atoms with Crippen LogP contribution < -0.4 is 10.2 Å². The molecule has 0 aromatic heterocycles. The number of rotatable bonds is 7. The quantitative estimate of drug-likeness (QED) is 0.508. The van der Waals surface area contributed by atoms with Gasteiger partial charge in [0.25, 0.3) is 11.6 Å². The van der Waals surface area contributed by atoms with Gasteiger partial charge in [-0.1, -0.05) is 23.7 Å². The molecule has 2 aromatic rings. The number of nitro benzene ring substituents is 1. The molecule has 1 amide bonds. The van der Waals surface area contributed by atoms with E-state index < -0.39 is 20.9 Å². The van der Waals surface area contributed by atoms with E-state index in [4.69, 9.17) is 11.6 Å². The molecule has 0 spiro atoms. The molecule has 30 heavy (non-hydrogen) atoms. The number of hydrogen-bond donors (Lipinski definition) is 1. The lowest BCUT2D eigenvalue weighted by atomic mass is 10.2. The van der Waals surface area contributed by atoms with Crippen LogP contribution >= 0.6 is 11.6 Å². The summed E-state index contributed by atoms with van der Waals surface area (Å²) in [4.78, 5) is 24.4. The summed E-state index contributed by atoms with van der Waals surface area (Å²) in [7, 11) is -3.54. The highest BCUT2D eigenvalue weighted by Crippen LogP contribution is 2.21. The highest BCUT2D eigenvalue weighted by atomic mass is 35.5. The smallest absolute Gasteiger partial charge is 0.270 e. The number of piperazine rings is 1. The van der Waals surface area contributed by atoms with Crippen LogP contribution in [0, 0.1) is 10.1 Å². The van der Waals surface area contributed by atoms with E-state index in [0.29, 0.717) is 31.2 Å². The van der Waals surface area contributed by atoms with Crippen LogP contribution in [-0.4, -0.2) is 62.0 Å². The van der Waals surface area contributed by atoms with E-state index in [0.717, 1.165) is 11.8 Å². The molecule has 11 heteroatoms. The van der Waals surface area contributed by atoms with Gasteiger partial charge in [-0.05, 0) is 24.3 Å². The fourth-order valence-electron chi connectivity index (χ4n) is 3.18.